The Kier molecular flexibility index (Phi) is 7.18. The number of amidine groups is 1. The molecule has 1 aliphatic heterocycles. The van der Waals surface area contributed by atoms with Gasteiger partial charge < -0.3 is 14.7 Å². The molecule has 0 spiro atoms. The van der Waals surface area contributed by atoms with Gasteiger partial charge in [-0.1, -0.05) is 86.8 Å². The monoisotopic (exact) mass is 427 g/mol. The lowest BCUT2D eigenvalue weighted by Crippen LogP contribution is -2.30. The summed E-state index contributed by atoms with van der Waals surface area (Å²) in [4.78, 5) is 11.4. The fourth-order valence-corrected chi connectivity index (χ4v) is 3.71. The third-order valence-electron chi connectivity index (χ3n) is 5.43. The van der Waals surface area contributed by atoms with Crippen LogP contribution in [0.5, 0.6) is 11.5 Å². The molecular formula is C27H29N3O2. The largest absolute Gasteiger partial charge is 0.506 e. The Morgan fingerprint density at radius 1 is 0.906 bits per heavy atom. The fourth-order valence-electron chi connectivity index (χ4n) is 3.71. The van der Waals surface area contributed by atoms with Gasteiger partial charge in [-0.25, -0.2) is 9.98 Å². The number of hydrogen-bond acceptors (Lipinski definition) is 5. The molecule has 3 aromatic rings. The van der Waals surface area contributed by atoms with E-state index in [2.05, 4.69) is 11.9 Å². The van der Waals surface area contributed by atoms with E-state index in [1.165, 1.54) is 12.8 Å². The van der Waals surface area contributed by atoms with E-state index in [1.807, 2.05) is 77.7 Å². The molecule has 32 heavy (non-hydrogen) atoms. The summed E-state index contributed by atoms with van der Waals surface area (Å²) >= 11 is 0. The lowest BCUT2D eigenvalue weighted by molar-refractivity contribution is 0.303. The smallest absolute Gasteiger partial charge is 0.158 e. The van der Waals surface area contributed by atoms with Crippen LogP contribution in [0.3, 0.4) is 0 Å². The molecule has 1 unspecified atom stereocenters. The molecular weight excluding hydrogens is 398 g/mol. The molecule has 0 fully saturated rings. The predicted molar refractivity (Wildman–Crippen MR) is 131 cm³/mol. The second kappa shape index (κ2) is 10.6. The minimum Gasteiger partial charge on any atom is -0.506 e. The summed E-state index contributed by atoms with van der Waals surface area (Å²) in [6, 6.07) is 25.4. The fraction of sp³-hybridized carbons (Fsp3) is 0.259. The van der Waals surface area contributed by atoms with Gasteiger partial charge in [0.05, 0.1) is 18.6 Å². The standard InChI is InChI=1S/C27H29N3O2/c1-2-3-4-11-18-32-23-16-17-24(25(31)19-23)30-20-28-26(21-12-7-5-8-13-21)29-27(30)22-14-9-6-10-15-22/h5-10,12-17,19-20,27,31H,2-4,11,18H2,1H3. The molecule has 5 nitrogen and oxygen atoms in total. The van der Waals surface area contributed by atoms with Crippen LogP contribution in [0.4, 0.5) is 5.69 Å². The van der Waals surface area contributed by atoms with Crippen LogP contribution in [0.25, 0.3) is 0 Å². The summed E-state index contributed by atoms with van der Waals surface area (Å²) in [5.41, 5.74) is 2.61. The molecule has 0 saturated heterocycles. The normalized spacial score (nSPS) is 15.5. The number of aromatic hydroxyl groups is 1. The molecule has 1 heterocycles. The summed E-state index contributed by atoms with van der Waals surface area (Å²) in [5.74, 6) is 1.48. The van der Waals surface area contributed by atoms with E-state index in [4.69, 9.17) is 9.73 Å². The maximum Gasteiger partial charge on any atom is 0.158 e. The van der Waals surface area contributed by atoms with Gasteiger partial charge in [-0.05, 0) is 24.1 Å². The van der Waals surface area contributed by atoms with Crippen LogP contribution in [0.2, 0.25) is 0 Å². The van der Waals surface area contributed by atoms with Crippen molar-refractivity contribution in [1.82, 2.24) is 0 Å². The molecule has 4 rings (SSSR count). The highest BCUT2D eigenvalue weighted by Crippen LogP contribution is 2.37. The van der Waals surface area contributed by atoms with Crippen LogP contribution in [0, 0.1) is 0 Å². The number of phenols is 1. The maximum atomic E-state index is 10.8. The summed E-state index contributed by atoms with van der Waals surface area (Å²) in [5, 5.41) is 10.8. The van der Waals surface area contributed by atoms with Gasteiger partial charge in [0.25, 0.3) is 0 Å². The number of benzene rings is 3. The molecule has 0 saturated carbocycles. The minimum atomic E-state index is -0.337. The molecule has 0 bridgehead atoms. The first kappa shape index (κ1) is 21.6. The van der Waals surface area contributed by atoms with Crippen LogP contribution >= 0.6 is 0 Å². The van der Waals surface area contributed by atoms with Gasteiger partial charge in [-0.15, -0.1) is 0 Å². The Bertz CT molecular complexity index is 1060. The summed E-state index contributed by atoms with van der Waals surface area (Å²) in [6.45, 7) is 2.85. The number of phenolic OH excluding ortho intramolecular Hbond substituents is 1. The molecule has 164 valence electrons. The third-order valence-corrected chi connectivity index (χ3v) is 5.43. The number of aliphatic imine (C=N–C) groups is 2. The Labute approximate surface area is 189 Å². The van der Waals surface area contributed by atoms with Crippen LogP contribution in [0.1, 0.15) is 49.9 Å². The highest BCUT2D eigenvalue weighted by Gasteiger charge is 2.25. The van der Waals surface area contributed by atoms with Gasteiger partial charge >= 0.3 is 0 Å². The lowest BCUT2D eigenvalue weighted by atomic mass is 10.1. The molecule has 3 aromatic carbocycles. The van der Waals surface area contributed by atoms with Gasteiger partial charge in [0, 0.05) is 11.6 Å². The quantitative estimate of drug-likeness (QED) is 0.405. The van der Waals surface area contributed by atoms with Crippen LogP contribution in [-0.2, 0) is 0 Å². The van der Waals surface area contributed by atoms with Crippen molar-refractivity contribution < 1.29 is 9.84 Å². The van der Waals surface area contributed by atoms with E-state index < -0.39 is 0 Å². The topological polar surface area (TPSA) is 57.4 Å². The lowest BCUT2D eigenvalue weighted by Gasteiger charge is -2.31. The molecule has 0 aromatic heterocycles. The maximum absolute atomic E-state index is 10.8. The number of ether oxygens (including phenoxy) is 1. The van der Waals surface area contributed by atoms with Crippen molar-refractivity contribution in [3.05, 3.63) is 90.0 Å². The Balaban J connectivity index is 1.58. The number of unbranched alkanes of at least 4 members (excludes halogenated alkanes) is 3. The van der Waals surface area contributed by atoms with Crippen LogP contribution < -0.4 is 9.64 Å². The first-order chi connectivity index (χ1) is 15.8. The first-order valence-corrected chi connectivity index (χ1v) is 11.2. The molecule has 0 aliphatic carbocycles. The number of anilines is 1. The summed E-state index contributed by atoms with van der Waals surface area (Å²) in [7, 11) is 0. The van der Waals surface area contributed by atoms with Gasteiger partial charge in [0.1, 0.15) is 11.5 Å². The zero-order chi connectivity index (χ0) is 22.2. The predicted octanol–water partition coefficient (Wildman–Crippen LogP) is 6.35. The summed E-state index contributed by atoms with van der Waals surface area (Å²) < 4.78 is 5.82. The van der Waals surface area contributed by atoms with Crippen molar-refractivity contribution >= 4 is 17.9 Å². The van der Waals surface area contributed by atoms with E-state index >= 15 is 0 Å². The van der Waals surface area contributed by atoms with E-state index in [-0.39, 0.29) is 11.9 Å². The second-order valence-electron chi connectivity index (χ2n) is 7.81. The zero-order valence-electron chi connectivity index (χ0n) is 18.4. The zero-order valence-corrected chi connectivity index (χ0v) is 18.4. The van der Waals surface area contributed by atoms with Crippen molar-refractivity contribution in [2.75, 3.05) is 11.5 Å². The second-order valence-corrected chi connectivity index (χ2v) is 7.81. The van der Waals surface area contributed by atoms with E-state index in [1.54, 1.807) is 12.4 Å². The van der Waals surface area contributed by atoms with E-state index in [0.717, 1.165) is 24.0 Å². The molecule has 1 aliphatic rings. The van der Waals surface area contributed by atoms with Gasteiger partial charge in [0.15, 0.2) is 12.0 Å². The van der Waals surface area contributed by atoms with Crippen molar-refractivity contribution in [1.29, 1.82) is 0 Å². The minimum absolute atomic E-state index is 0.141. The first-order valence-electron chi connectivity index (χ1n) is 11.2. The van der Waals surface area contributed by atoms with Gasteiger partial charge in [-0.3, -0.25) is 0 Å². The Morgan fingerprint density at radius 2 is 1.66 bits per heavy atom. The molecule has 0 amide bonds. The van der Waals surface area contributed by atoms with E-state index in [9.17, 15) is 5.11 Å². The number of hydrogen-bond donors (Lipinski definition) is 1. The molecule has 5 heteroatoms. The number of nitrogens with zero attached hydrogens (tertiary/aromatic N) is 3. The third kappa shape index (κ3) is 5.17. The van der Waals surface area contributed by atoms with Gasteiger partial charge in [-0.2, -0.15) is 0 Å². The SMILES string of the molecule is CCCCCCOc1ccc(N2C=NC(c3ccccc3)=NC2c2ccccc2)c(O)c1. The Hall–Kier alpha value is -3.60. The van der Waals surface area contributed by atoms with Crippen molar-refractivity contribution in [2.24, 2.45) is 9.98 Å². The average molecular weight is 428 g/mol. The van der Waals surface area contributed by atoms with Crippen molar-refractivity contribution in [3.63, 3.8) is 0 Å². The highest BCUT2D eigenvalue weighted by molar-refractivity contribution is 6.06. The molecule has 1 atom stereocenters. The average Bonchev–Trinajstić information content (AvgIpc) is 2.85. The molecule has 0 radical (unpaired) electrons. The van der Waals surface area contributed by atoms with Crippen LogP contribution in [-0.4, -0.2) is 23.9 Å². The van der Waals surface area contributed by atoms with E-state index in [0.29, 0.717) is 23.9 Å². The van der Waals surface area contributed by atoms with Gasteiger partial charge in [0.2, 0.25) is 0 Å². The van der Waals surface area contributed by atoms with Crippen LogP contribution in [0.15, 0.2) is 88.8 Å². The molecule has 1 N–H and O–H groups in total. The van der Waals surface area contributed by atoms with Crippen molar-refractivity contribution in [3.8, 4) is 11.5 Å². The Morgan fingerprint density at radius 3 is 2.38 bits per heavy atom. The summed E-state index contributed by atoms with van der Waals surface area (Å²) in [6.07, 6.45) is 5.99. The number of rotatable bonds is 9. The highest BCUT2D eigenvalue weighted by atomic mass is 16.5. The van der Waals surface area contributed by atoms with Crippen molar-refractivity contribution in [2.45, 2.75) is 38.8 Å².